The van der Waals surface area contributed by atoms with Crippen molar-refractivity contribution in [2.45, 2.75) is 13.3 Å². The van der Waals surface area contributed by atoms with E-state index in [0.717, 1.165) is 15.0 Å². The van der Waals surface area contributed by atoms with Gasteiger partial charge in [-0.3, -0.25) is 6.08 Å². The second kappa shape index (κ2) is 9.21. The normalized spacial score (nSPS) is 12.4. The first-order valence-electron chi connectivity index (χ1n) is 7.53. The zero-order valence-electron chi connectivity index (χ0n) is 13.2. The van der Waals surface area contributed by atoms with Crippen LogP contribution < -0.4 is 10.6 Å². The zero-order chi connectivity index (χ0) is 15.2. The molecule has 2 heteroatoms. The molecule has 0 saturated carbocycles. The van der Waals surface area contributed by atoms with Gasteiger partial charge in [0, 0.05) is 0 Å². The third-order valence-electron chi connectivity index (χ3n) is 3.63. The fourth-order valence-corrected chi connectivity index (χ4v) is 3.66. The molecule has 0 nitrogen and oxygen atoms in total. The molecule has 4 rings (SSSR count). The van der Waals surface area contributed by atoms with Crippen LogP contribution in [0.15, 0.2) is 78.9 Å². The summed E-state index contributed by atoms with van der Waals surface area (Å²) < 4.78 is 0. The van der Waals surface area contributed by atoms with E-state index in [-0.39, 0.29) is 26.2 Å². The number of hydrogen-bond acceptors (Lipinski definition) is 0. The van der Waals surface area contributed by atoms with Crippen LogP contribution in [0, 0.1) is 13.0 Å². The molecule has 3 aromatic rings. The molecular weight excluding hydrogens is 374 g/mol. The minimum absolute atomic E-state index is 0. The Balaban J connectivity index is 0.000000276. The molecule has 3 aromatic carbocycles. The maximum absolute atomic E-state index is 2.99. The molecule has 112 valence electrons. The number of rotatable bonds is 2. The Hall–Kier alpha value is -1.16. The summed E-state index contributed by atoms with van der Waals surface area (Å²) in [5.74, 6) is 0. The van der Waals surface area contributed by atoms with Crippen molar-refractivity contribution in [3.05, 3.63) is 90.5 Å². The fraction of sp³-hybridized carbons (Fsp3) is 0.0952. The van der Waals surface area contributed by atoms with Gasteiger partial charge in [-0.15, -0.1) is 46.8 Å². The number of aryl methyl sites for hydroxylation is 1. The van der Waals surface area contributed by atoms with E-state index in [1.807, 2.05) is 12.2 Å². The maximum Gasteiger partial charge on any atom is 2.00 e. The third-order valence-corrected chi connectivity index (χ3v) is 5.04. The molecule has 1 aliphatic rings. The van der Waals surface area contributed by atoms with Gasteiger partial charge in [-0.25, -0.2) is 12.2 Å². The van der Waals surface area contributed by atoms with Crippen LogP contribution in [0.5, 0.6) is 0 Å². The molecule has 1 aliphatic carbocycles. The molecule has 0 aromatic heterocycles. The quantitative estimate of drug-likeness (QED) is 0.433. The molecule has 0 N–H and O–H groups in total. The van der Waals surface area contributed by atoms with E-state index in [9.17, 15) is 0 Å². The molecule has 23 heavy (non-hydrogen) atoms. The molecule has 1 atom stereocenters. The SMILES string of the molecule is Cc1ccccc1Pc1cc2ccccc2[cH-]1.[C-]1=CC=CC1.[Zr+2]. The summed E-state index contributed by atoms with van der Waals surface area (Å²) in [6, 6.07) is 21.8. The topological polar surface area (TPSA) is 0 Å². The Morgan fingerprint density at radius 3 is 2.48 bits per heavy atom. The Kier molecular flexibility index (Phi) is 7.29. The average Bonchev–Trinajstić information content (AvgIpc) is 3.21. The van der Waals surface area contributed by atoms with Gasteiger partial charge in [-0.2, -0.15) is 12.1 Å². The van der Waals surface area contributed by atoms with E-state index < -0.39 is 0 Å². The predicted molar refractivity (Wildman–Crippen MR) is 99.9 cm³/mol. The van der Waals surface area contributed by atoms with Crippen molar-refractivity contribution < 1.29 is 26.2 Å². The van der Waals surface area contributed by atoms with Crippen LogP contribution in [0.4, 0.5) is 0 Å². The molecule has 0 bridgehead atoms. The second-order valence-corrected chi connectivity index (χ2v) is 6.68. The van der Waals surface area contributed by atoms with Crippen molar-refractivity contribution in [1.82, 2.24) is 0 Å². The summed E-state index contributed by atoms with van der Waals surface area (Å²) in [6.45, 7) is 2.19. The van der Waals surface area contributed by atoms with Gasteiger partial charge in [-0.1, -0.05) is 38.9 Å². The Labute approximate surface area is 159 Å². The Bertz CT molecular complexity index is 768. The van der Waals surface area contributed by atoms with E-state index in [2.05, 4.69) is 79.7 Å². The van der Waals surface area contributed by atoms with Crippen LogP contribution in [-0.4, -0.2) is 0 Å². The van der Waals surface area contributed by atoms with Gasteiger partial charge < -0.3 is 0 Å². The number of benzene rings is 2. The average molecular weight is 394 g/mol. The fourth-order valence-electron chi connectivity index (χ4n) is 2.43. The van der Waals surface area contributed by atoms with Crippen molar-refractivity contribution in [2.24, 2.45) is 0 Å². The number of fused-ring (bicyclic) bond motifs is 1. The monoisotopic (exact) mass is 392 g/mol. The first-order chi connectivity index (χ1) is 10.8. The first kappa shape index (κ1) is 18.2. The van der Waals surface area contributed by atoms with E-state index in [1.54, 1.807) is 0 Å². The summed E-state index contributed by atoms with van der Waals surface area (Å²) in [5.41, 5.74) is 1.39. The molecular formula is C21H19PZr. The van der Waals surface area contributed by atoms with Crippen LogP contribution in [0.1, 0.15) is 12.0 Å². The second-order valence-electron chi connectivity index (χ2n) is 5.32. The van der Waals surface area contributed by atoms with Crippen LogP contribution in [0.2, 0.25) is 0 Å². The molecule has 0 amide bonds. The molecule has 0 fully saturated rings. The van der Waals surface area contributed by atoms with Gasteiger partial charge in [0.2, 0.25) is 0 Å². The molecule has 1 unspecified atom stereocenters. The third kappa shape index (κ3) is 5.17. The van der Waals surface area contributed by atoms with E-state index in [1.165, 1.54) is 26.9 Å². The minimum Gasteiger partial charge on any atom is -0.273 e. The van der Waals surface area contributed by atoms with E-state index in [0.29, 0.717) is 0 Å². The van der Waals surface area contributed by atoms with Gasteiger partial charge in [0.1, 0.15) is 0 Å². The van der Waals surface area contributed by atoms with Gasteiger partial charge in [0.15, 0.2) is 0 Å². The summed E-state index contributed by atoms with van der Waals surface area (Å²) in [7, 11) is 0.759. The number of hydrogen-bond donors (Lipinski definition) is 0. The summed E-state index contributed by atoms with van der Waals surface area (Å²) in [6.07, 6.45) is 10.0. The molecule has 0 spiro atoms. The predicted octanol–water partition coefficient (Wildman–Crippen LogP) is 4.80. The van der Waals surface area contributed by atoms with Gasteiger partial charge >= 0.3 is 26.2 Å². The van der Waals surface area contributed by atoms with Gasteiger partial charge in [-0.05, 0) is 17.8 Å². The Morgan fingerprint density at radius 2 is 1.83 bits per heavy atom. The minimum atomic E-state index is 0. The molecule has 0 heterocycles. The van der Waals surface area contributed by atoms with Crippen molar-refractivity contribution in [3.8, 4) is 0 Å². The van der Waals surface area contributed by atoms with Crippen LogP contribution in [0.3, 0.4) is 0 Å². The summed E-state index contributed by atoms with van der Waals surface area (Å²) in [5, 5.41) is 5.58. The first-order valence-corrected chi connectivity index (χ1v) is 8.53. The van der Waals surface area contributed by atoms with E-state index in [4.69, 9.17) is 0 Å². The van der Waals surface area contributed by atoms with Crippen LogP contribution >= 0.6 is 8.58 Å². The summed E-state index contributed by atoms with van der Waals surface area (Å²) in [4.78, 5) is 0. The largest absolute Gasteiger partial charge is 2.00 e. The van der Waals surface area contributed by atoms with Crippen molar-refractivity contribution in [3.63, 3.8) is 0 Å². The molecule has 0 saturated heterocycles. The van der Waals surface area contributed by atoms with Gasteiger partial charge in [0.25, 0.3) is 0 Å². The molecule has 0 aliphatic heterocycles. The summed E-state index contributed by atoms with van der Waals surface area (Å²) >= 11 is 0. The zero-order valence-corrected chi connectivity index (χ0v) is 16.7. The van der Waals surface area contributed by atoms with Crippen molar-refractivity contribution in [1.29, 1.82) is 0 Å². The van der Waals surface area contributed by atoms with Crippen LogP contribution in [0.25, 0.3) is 10.8 Å². The van der Waals surface area contributed by atoms with Crippen molar-refractivity contribution >= 4 is 30.0 Å². The standard InChI is InChI=1S/C16H14P.C5H5.Zr/c1-12-6-2-5-9-16(12)17-15-10-13-7-3-4-8-14(13)11-15;1-2-4-5-3-1;/h2-11,17H,1H3;1-3H,4H2;/q2*-1;+2. The van der Waals surface area contributed by atoms with E-state index >= 15 is 0 Å². The van der Waals surface area contributed by atoms with Crippen LogP contribution in [-0.2, 0) is 26.2 Å². The van der Waals surface area contributed by atoms with Crippen molar-refractivity contribution in [2.75, 3.05) is 0 Å². The van der Waals surface area contributed by atoms with Gasteiger partial charge in [0.05, 0.1) is 0 Å². The Morgan fingerprint density at radius 1 is 1.04 bits per heavy atom. The maximum atomic E-state index is 2.99. The molecule has 0 radical (unpaired) electrons. The smallest absolute Gasteiger partial charge is 0.273 e. The number of allylic oxidation sites excluding steroid dienone is 4.